The predicted octanol–water partition coefficient (Wildman–Crippen LogP) is -0.247. The Balaban J connectivity index is 0.00000625. The van der Waals surface area contributed by atoms with E-state index in [0.29, 0.717) is 17.8 Å². The van der Waals surface area contributed by atoms with Crippen LogP contribution in [-0.2, 0) is 15.1 Å². The fraction of sp³-hybridized carbons (Fsp3) is 0.308. The van der Waals surface area contributed by atoms with Gasteiger partial charge in [0.15, 0.2) is 5.82 Å². The molecule has 0 aliphatic heterocycles. The Morgan fingerprint density at radius 3 is 2.50 bits per heavy atom. The Morgan fingerprint density at radius 2 is 2.04 bits per heavy atom. The second kappa shape index (κ2) is 10.2. The highest BCUT2D eigenvalue weighted by Gasteiger charge is 2.26. The van der Waals surface area contributed by atoms with Gasteiger partial charge in [0.1, 0.15) is 0 Å². The van der Waals surface area contributed by atoms with Crippen molar-refractivity contribution in [3.8, 4) is 0 Å². The van der Waals surface area contributed by atoms with Gasteiger partial charge in [0, 0.05) is 13.1 Å². The number of aromatic nitrogens is 2. The lowest BCUT2D eigenvalue weighted by Gasteiger charge is -2.19. The first kappa shape index (κ1) is 23.1. The van der Waals surface area contributed by atoms with E-state index >= 15 is 0 Å². The van der Waals surface area contributed by atoms with Crippen molar-refractivity contribution in [2.45, 2.75) is 6.92 Å². The van der Waals surface area contributed by atoms with Gasteiger partial charge in [-0.3, -0.25) is 4.55 Å². The van der Waals surface area contributed by atoms with Crippen LogP contribution in [0.15, 0.2) is 31.4 Å². The van der Waals surface area contributed by atoms with Gasteiger partial charge in [-0.15, -0.1) is 13.2 Å². The molecule has 0 aliphatic rings. The molecule has 0 atom stereocenters. The molecule has 12 nitrogen and oxygen atoms in total. The number of nitrogens with zero attached hydrogens (tertiary/aromatic N) is 3. The maximum absolute atomic E-state index is 11.6. The average molecular weight is 391 g/mol. The summed E-state index contributed by atoms with van der Waals surface area (Å²) in [6.07, 6.45) is 2.30. The van der Waals surface area contributed by atoms with Crippen molar-refractivity contribution in [1.29, 1.82) is 0 Å². The first-order valence-corrected chi connectivity index (χ1v) is 8.38. The first-order chi connectivity index (χ1) is 11.7. The molecular weight excluding hydrogens is 370 g/mol. The molecule has 0 fully saturated rings. The lowest BCUT2D eigenvalue weighted by atomic mass is 10.4. The third kappa shape index (κ3) is 6.92. The maximum Gasteiger partial charge on any atom is 0.474 e. The van der Waals surface area contributed by atoms with Gasteiger partial charge in [-0.2, -0.15) is 13.7 Å². The molecule has 1 heterocycles. The van der Waals surface area contributed by atoms with Crippen molar-refractivity contribution < 1.29 is 37.0 Å². The summed E-state index contributed by atoms with van der Waals surface area (Å²) in [6, 6.07) is 1.29. The minimum Gasteiger partial charge on any atom is -0.870 e. The Hall–Kier alpha value is -2.90. The van der Waals surface area contributed by atoms with E-state index in [-0.39, 0.29) is 23.7 Å². The fourth-order valence-electron chi connectivity index (χ4n) is 1.74. The van der Waals surface area contributed by atoms with Crippen molar-refractivity contribution in [2.24, 2.45) is 0 Å². The minimum atomic E-state index is -4.92. The first-order valence-electron chi connectivity index (χ1n) is 7.02. The summed E-state index contributed by atoms with van der Waals surface area (Å²) in [5, 5.41) is 2.19. The maximum atomic E-state index is 11.6. The van der Waals surface area contributed by atoms with E-state index in [4.69, 9.17) is 15.0 Å². The number of nitrogens with one attached hydrogen (secondary N) is 1. The number of nitrogen functional groups attached to an aromatic ring is 1. The minimum absolute atomic E-state index is 0. The van der Waals surface area contributed by atoms with E-state index in [0.717, 1.165) is 0 Å². The summed E-state index contributed by atoms with van der Waals surface area (Å²) in [5.74, 6) is -0.393. The molecule has 5 N–H and O–H groups in total. The van der Waals surface area contributed by atoms with E-state index in [1.165, 1.54) is 6.07 Å². The van der Waals surface area contributed by atoms with Gasteiger partial charge in [0.05, 0.1) is 12.7 Å². The molecule has 1 aromatic rings. The topological polar surface area (TPSA) is 178 Å². The summed E-state index contributed by atoms with van der Waals surface area (Å²) in [6.45, 7) is 9.65. The van der Waals surface area contributed by atoms with Gasteiger partial charge < -0.3 is 20.8 Å². The van der Waals surface area contributed by atoms with Crippen LogP contribution in [-0.4, -0.2) is 49.2 Å². The highest BCUT2D eigenvalue weighted by molar-refractivity contribution is 7.80. The highest BCUT2D eigenvalue weighted by atomic mass is 32.3. The number of amides is 1. The Labute approximate surface area is 150 Å². The van der Waals surface area contributed by atoms with Crippen LogP contribution in [0.2, 0.25) is 0 Å². The molecule has 0 aromatic carbocycles. The van der Waals surface area contributed by atoms with Crippen LogP contribution in [0.25, 0.3) is 0 Å². The lowest BCUT2D eigenvalue weighted by molar-refractivity contribution is -0.835. The van der Waals surface area contributed by atoms with Crippen LogP contribution in [0, 0.1) is 0 Å². The molecule has 0 radical (unpaired) electrons. The number of rotatable bonds is 9. The summed E-state index contributed by atoms with van der Waals surface area (Å²) in [4.78, 5) is 17.4. The van der Waals surface area contributed by atoms with E-state index in [1.54, 1.807) is 24.0 Å². The van der Waals surface area contributed by atoms with Crippen LogP contribution < -0.4 is 25.0 Å². The van der Waals surface area contributed by atoms with Crippen molar-refractivity contribution >= 4 is 34.1 Å². The highest BCUT2D eigenvalue weighted by Crippen LogP contribution is 2.15. The van der Waals surface area contributed by atoms with Crippen LogP contribution in [0.3, 0.4) is 0 Å². The van der Waals surface area contributed by atoms with Crippen molar-refractivity contribution in [3.63, 3.8) is 0 Å². The summed E-state index contributed by atoms with van der Waals surface area (Å²) < 4.78 is 40.3. The predicted molar refractivity (Wildman–Crippen MR) is 92.2 cm³/mol. The SMILES string of the molecule is C=CCN(CC=C)c1cc(N)[n+](OS(=O)(=O)O)c(NC(=O)OCC)n1.[OH-]. The zero-order valence-electron chi connectivity index (χ0n) is 14.0. The van der Waals surface area contributed by atoms with Crippen molar-refractivity contribution in [1.82, 2.24) is 4.98 Å². The van der Waals surface area contributed by atoms with Gasteiger partial charge in [-0.1, -0.05) is 17.1 Å². The van der Waals surface area contributed by atoms with E-state index < -0.39 is 22.4 Å². The second-order valence-electron chi connectivity index (χ2n) is 4.49. The number of carbonyl (C=O) groups is 1. The lowest BCUT2D eigenvalue weighted by Crippen LogP contribution is -2.51. The Morgan fingerprint density at radius 1 is 1.46 bits per heavy atom. The zero-order valence-corrected chi connectivity index (χ0v) is 14.8. The van der Waals surface area contributed by atoms with Gasteiger partial charge >= 0.3 is 22.4 Å². The number of carbonyl (C=O) groups excluding carboxylic acids is 1. The molecular formula is C13H21N5O7S. The molecule has 13 heteroatoms. The molecule has 146 valence electrons. The molecule has 0 spiro atoms. The Kier molecular flexibility index (Phi) is 9.04. The number of nitrogens with two attached hydrogens (primary N) is 1. The third-order valence-corrected chi connectivity index (χ3v) is 2.94. The number of hydrogen-bond donors (Lipinski definition) is 3. The summed E-state index contributed by atoms with van der Waals surface area (Å²) in [5.41, 5.74) is 5.76. The molecule has 26 heavy (non-hydrogen) atoms. The van der Waals surface area contributed by atoms with E-state index in [1.807, 2.05) is 0 Å². The number of anilines is 3. The molecule has 1 aromatic heterocycles. The number of ether oxygens (including phenoxy) is 1. The smallest absolute Gasteiger partial charge is 0.474 e. The van der Waals surface area contributed by atoms with Crippen LogP contribution in [0.5, 0.6) is 0 Å². The zero-order chi connectivity index (χ0) is 19.0. The molecule has 1 amide bonds. The molecule has 0 unspecified atom stereocenters. The van der Waals surface area contributed by atoms with Gasteiger partial charge in [0.2, 0.25) is 5.82 Å². The Bertz CT molecular complexity index is 743. The van der Waals surface area contributed by atoms with Crippen LogP contribution in [0.1, 0.15) is 6.92 Å². The van der Waals surface area contributed by atoms with Gasteiger partial charge in [-0.25, -0.2) is 9.08 Å². The molecule has 1 rings (SSSR count). The van der Waals surface area contributed by atoms with E-state index in [9.17, 15) is 13.2 Å². The summed E-state index contributed by atoms with van der Waals surface area (Å²) >= 11 is 0. The van der Waals surface area contributed by atoms with Crippen LogP contribution >= 0.6 is 0 Å². The van der Waals surface area contributed by atoms with Crippen LogP contribution in [0.4, 0.5) is 22.4 Å². The van der Waals surface area contributed by atoms with Gasteiger partial charge in [0.25, 0.3) is 0 Å². The van der Waals surface area contributed by atoms with E-state index in [2.05, 4.69) is 27.7 Å². The quantitative estimate of drug-likeness (QED) is 0.289. The standard InChI is InChI=1S/C13H19N5O6S.H2O/c1-4-7-17(8-5-2)11-9-10(14)18(24-25(20,21)22)12(15-11)16-13(19)23-6-3;/h4-5,9H,1-2,6-8H2,3H3,(H3,14,15,16,19,20,21,22);1H2. The second-order valence-corrected chi connectivity index (χ2v) is 5.49. The molecule has 0 aliphatic carbocycles. The molecule has 0 saturated carbocycles. The normalized spacial score (nSPS) is 10.2. The van der Waals surface area contributed by atoms with Crippen molar-refractivity contribution in [3.05, 3.63) is 31.4 Å². The summed E-state index contributed by atoms with van der Waals surface area (Å²) in [7, 11) is -4.92. The largest absolute Gasteiger partial charge is 0.870 e. The number of hydrogen-bond acceptors (Lipinski definition) is 9. The molecule has 0 bridgehead atoms. The average Bonchev–Trinajstić information content (AvgIpc) is 2.49. The molecule has 0 saturated heterocycles. The third-order valence-electron chi connectivity index (χ3n) is 2.61. The monoisotopic (exact) mass is 391 g/mol. The van der Waals surface area contributed by atoms with Crippen molar-refractivity contribution in [2.75, 3.05) is 35.6 Å². The van der Waals surface area contributed by atoms with Gasteiger partial charge in [-0.05, 0) is 11.7 Å². The fourth-order valence-corrected chi connectivity index (χ4v) is 2.09.